The number of carbonyl (C=O) groups excluding carboxylic acids is 1. The minimum atomic E-state index is -0.847. The van der Waals surface area contributed by atoms with Crippen LogP contribution in [-0.2, 0) is 4.79 Å². The number of aliphatic hydroxyl groups excluding tert-OH is 2. The van der Waals surface area contributed by atoms with Crippen molar-refractivity contribution < 1.29 is 19.7 Å². The predicted molar refractivity (Wildman–Crippen MR) is 101 cm³/mol. The van der Waals surface area contributed by atoms with Crippen LogP contribution in [0.15, 0.2) is 60.7 Å². The molecule has 4 rings (SSSR count). The zero-order valence-corrected chi connectivity index (χ0v) is 13.8. The van der Waals surface area contributed by atoms with Gasteiger partial charge < -0.3 is 20.3 Å². The number of ether oxygens (including phenoxy) is 1. The molecule has 3 aromatic rings. The third-order valence-electron chi connectivity index (χ3n) is 4.35. The highest BCUT2D eigenvalue weighted by atomic mass is 16.5. The number of nitrogens with one attached hydrogen (secondary N) is 1. The molecule has 0 bridgehead atoms. The molecule has 0 saturated heterocycles. The summed E-state index contributed by atoms with van der Waals surface area (Å²) in [6.07, 6.45) is 1.06. The topological polar surface area (TPSA) is 78.8 Å². The first kappa shape index (κ1) is 16.3. The summed E-state index contributed by atoms with van der Waals surface area (Å²) in [7, 11) is 0. The molecule has 5 heteroatoms. The van der Waals surface area contributed by atoms with Gasteiger partial charge in [-0.05, 0) is 46.7 Å². The molecule has 1 heterocycles. The molecule has 26 heavy (non-hydrogen) atoms. The molecule has 130 valence electrons. The number of hydrogen-bond donors (Lipinski definition) is 3. The maximum absolute atomic E-state index is 11.3. The Labute approximate surface area is 150 Å². The van der Waals surface area contributed by atoms with Gasteiger partial charge in [0.25, 0.3) is 0 Å². The standard InChI is InChI=1S/C21H17NO4/c23-12-20(24)26-16-7-8-19-17(11-16)18(21(25)22-19)10-13-5-6-14-3-1-2-4-15(14)9-13/h1-11,21-23,25H,12H2. The molecule has 0 radical (unpaired) electrons. The molecule has 0 spiro atoms. The van der Waals surface area contributed by atoms with Gasteiger partial charge in [0, 0.05) is 16.8 Å². The average molecular weight is 347 g/mol. The van der Waals surface area contributed by atoms with Gasteiger partial charge in [-0.1, -0.05) is 36.4 Å². The van der Waals surface area contributed by atoms with E-state index in [-0.39, 0.29) is 0 Å². The maximum atomic E-state index is 11.3. The second-order valence-electron chi connectivity index (χ2n) is 6.09. The Morgan fingerprint density at radius 2 is 1.88 bits per heavy atom. The minimum Gasteiger partial charge on any atom is -0.425 e. The second-order valence-corrected chi connectivity index (χ2v) is 6.09. The van der Waals surface area contributed by atoms with Crippen LogP contribution in [0.5, 0.6) is 5.75 Å². The lowest BCUT2D eigenvalue weighted by molar-refractivity contribution is -0.137. The van der Waals surface area contributed by atoms with Crippen molar-refractivity contribution in [3.05, 3.63) is 71.8 Å². The van der Waals surface area contributed by atoms with Gasteiger partial charge in [-0.3, -0.25) is 0 Å². The van der Waals surface area contributed by atoms with Gasteiger partial charge in [-0.15, -0.1) is 0 Å². The fraction of sp³-hybridized carbons (Fsp3) is 0.0952. The lowest BCUT2D eigenvalue weighted by Gasteiger charge is -2.07. The summed E-state index contributed by atoms with van der Waals surface area (Å²) in [5.41, 5.74) is 3.17. The molecule has 0 fully saturated rings. The Kier molecular flexibility index (Phi) is 4.16. The van der Waals surface area contributed by atoms with E-state index >= 15 is 0 Å². The van der Waals surface area contributed by atoms with E-state index in [0.29, 0.717) is 11.3 Å². The normalized spacial score (nSPS) is 17.2. The molecule has 0 saturated carbocycles. The van der Waals surface area contributed by atoms with Crippen molar-refractivity contribution in [2.75, 3.05) is 11.9 Å². The van der Waals surface area contributed by atoms with Crippen LogP contribution in [0, 0.1) is 0 Å². The minimum absolute atomic E-state index is 0.322. The SMILES string of the molecule is O=C(CO)Oc1ccc2c(c1)C(=Cc1ccc3ccccc3c1)C(O)N2. The Bertz CT molecular complexity index is 1030. The Morgan fingerprint density at radius 1 is 1.08 bits per heavy atom. The highest BCUT2D eigenvalue weighted by Crippen LogP contribution is 2.38. The Morgan fingerprint density at radius 3 is 2.69 bits per heavy atom. The molecule has 0 amide bonds. The lowest BCUT2D eigenvalue weighted by atomic mass is 10.0. The lowest BCUT2D eigenvalue weighted by Crippen LogP contribution is -2.12. The van der Waals surface area contributed by atoms with Gasteiger partial charge in [-0.2, -0.15) is 0 Å². The third-order valence-corrected chi connectivity index (χ3v) is 4.35. The average Bonchev–Trinajstić information content (AvgIpc) is 2.96. The van der Waals surface area contributed by atoms with Crippen molar-refractivity contribution in [2.24, 2.45) is 0 Å². The van der Waals surface area contributed by atoms with Gasteiger partial charge >= 0.3 is 5.97 Å². The molecule has 1 atom stereocenters. The second kappa shape index (κ2) is 6.63. The molecular formula is C21H17NO4. The molecule has 0 aliphatic carbocycles. The number of benzene rings is 3. The molecule has 5 nitrogen and oxygen atoms in total. The monoisotopic (exact) mass is 347 g/mol. The summed E-state index contributed by atoms with van der Waals surface area (Å²) in [6, 6.07) is 19.2. The largest absolute Gasteiger partial charge is 0.425 e. The van der Waals surface area contributed by atoms with E-state index in [4.69, 9.17) is 9.84 Å². The van der Waals surface area contributed by atoms with E-state index in [2.05, 4.69) is 17.4 Å². The number of anilines is 1. The van der Waals surface area contributed by atoms with E-state index in [9.17, 15) is 9.90 Å². The van der Waals surface area contributed by atoms with Gasteiger partial charge in [0.2, 0.25) is 0 Å². The Hall–Kier alpha value is -3.15. The van der Waals surface area contributed by atoms with E-state index in [0.717, 1.165) is 27.6 Å². The van der Waals surface area contributed by atoms with Gasteiger partial charge in [0.15, 0.2) is 6.23 Å². The van der Waals surface area contributed by atoms with Crippen molar-refractivity contribution in [2.45, 2.75) is 6.23 Å². The number of hydrogen-bond acceptors (Lipinski definition) is 5. The highest BCUT2D eigenvalue weighted by molar-refractivity contribution is 5.96. The summed E-state index contributed by atoms with van der Waals surface area (Å²) in [6.45, 7) is -0.683. The van der Waals surface area contributed by atoms with E-state index in [1.54, 1.807) is 18.2 Å². The van der Waals surface area contributed by atoms with Crippen molar-refractivity contribution in [3.8, 4) is 5.75 Å². The van der Waals surface area contributed by atoms with Crippen LogP contribution < -0.4 is 10.1 Å². The van der Waals surface area contributed by atoms with Crippen LogP contribution in [0.4, 0.5) is 5.69 Å². The fourth-order valence-corrected chi connectivity index (χ4v) is 3.12. The van der Waals surface area contributed by atoms with Crippen LogP contribution in [0.3, 0.4) is 0 Å². The number of rotatable bonds is 3. The zero-order valence-electron chi connectivity index (χ0n) is 13.8. The van der Waals surface area contributed by atoms with Gasteiger partial charge in [-0.25, -0.2) is 4.79 Å². The summed E-state index contributed by atoms with van der Waals surface area (Å²) >= 11 is 0. The van der Waals surface area contributed by atoms with Crippen LogP contribution in [0.2, 0.25) is 0 Å². The number of fused-ring (bicyclic) bond motifs is 2. The fourth-order valence-electron chi connectivity index (χ4n) is 3.12. The first-order chi connectivity index (χ1) is 12.6. The third kappa shape index (κ3) is 3.06. The Balaban J connectivity index is 1.73. The van der Waals surface area contributed by atoms with E-state index in [1.165, 1.54) is 0 Å². The molecule has 0 aromatic heterocycles. The van der Waals surface area contributed by atoms with Crippen LogP contribution >= 0.6 is 0 Å². The number of carbonyl (C=O) groups is 1. The van der Waals surface area contributed by atoms with Crippen molar-refractivity contribution in [1.82, 2.24) is 0 Å². The van der Waals surface area contributed by atoms with Crippen LogP contribution in [-0.4, -0.2) is 29.0 Å². The summed E-state index contributed by atoms with van der Waals surface area (Å²) in [4.78, 5) is 11.3. The molecular weight excluding hydrogens is 330 g/mol. The first-order valence-electron chi connectivity index (χ1n) is 8.25. The summed E-state index contributed by atoms with van der Waals surface area (Å²) < 4.78 is 5.05. The summed E-state index contributed by atoms with van der Waals surface area (Å²) in [5, 5.41) is 24.5. The van der Waals surface area contributed by atoms with Crippen LogP contribution in [0.25, 0.3) is 22.4 Å². The zero-order chi connectivity index (χ0) is 18.1. The smallest absolute Gasteiger partial charge is 0.337 e. The molecule has 3 aromatic carbocycles. The van der Waals surface area contributed by atoms with Crippen LogP contribution in [0.1, 0.15) is 11.1 Å². The predicted octanol–water partition coefficient (Wildman–Crippen LogP) is 3.02. The van der Waals surface area contributed by atoms with Gasteiger partial charge in [0.1, 0.15) is 12.4 Å². The van der Waals surface area contributed by atoms with E-state index < -0.39 is 18.8 Å². The van der Waals surface area contributed by atoms with E-state index in [1.807, 2.05) is 36.4 Å². The van der Waals surface area contributed by atoms with Crippen molar-refractivity contribution in [1.29, 1.82) is 0 Å². The summed E-state index contributed by atoms with van der Waals surface area (Å²) in [5.74, 6) is -0.403. The van der Waals surface area contributed by atoms with Gasteiger partial charge in [0.05, 0.1) is 0 Å². The molecule has 3 N–H and O–H groups in total. The van der Waals surface area contributed by atoms with Crippen molar-refractivity contribution in [3.63, 3.8) is 0 Å². The maximum Gasteiger partial charge on any atom is 0.337 e. The molecule has 1 aliphatic rings. The molecule has 1 unspecified atom stereocenters. The first-order valence-corrected chi connectivity index (χ1v) is 8.25. The van der Waals surface area contributed by atoms with Crippen molar-refractivity contribution >= 4 is 34.1 Å². The molecule has 1 aliphatic heterocycles. The number of esters is 1. The quantitative estimate of drug-likeness (QED) is 0.501. The highest BCUT2D eigenvalue weighted by Gasteiger charge is 2.25. The number of aliphatic hydroxyl groups is 2.